The summed E-state index contributed by atoms with van der Waals surface area (Å²) in [6, 6.07) is 7.57. The molecule has 4 nitrogen and oxygen atoms in total. The van der Waals surface area contributed by atoms with Crippen LogP contribution < -0.4 is 5.32 Å². The number of likely N-dealkylation sites (tertiary alicyclic amines) is 1. The summed E-state index contributed by atoms with van der Waals surface area (Å²) in [5.74, 6) is 0.589. The fourth-order valence-corrected chi connectivity index (χ4v) is 5.50. The van der Waals surface area contributed by atoms with Gasteiger partial charge in [-0.2, -0.15) is 0 Å². The Kier molecular flexibility index (Phi) is 5.04. The highest BCUT2D eigenvalue weighted by molar-refractivity contribution is 7.17. The molecule has 27 heavy (non-hydrogen) atoms. The molecule has 1 aliphatic carbocycles. The lowest BCUT2D eigenvalue weighted by Crippen LogP contribution is -2.29. The van der Waals surface area contributed by atoms with Gasteiger partial charge in [-0.15, -0.1) is 11.3 Å². The van der Waals surface area contributed by atoms with Crippen molar-refractivity contribution in [3.05, 3.63) is 51.4 Å². The molecule has 2 amide bonds. The number of amides is 2. The molecule has 1 aliphatic heterocycles. The summed E-state index contributed by atoms with van der Waals surface area (Å²) in [4.78, 5) is 29.3. The summed E-state index contributed by atoms with van der Waals surface area (Å²) in [5, 5.41) is 3.80. The van der Waals surface area contributed by atoms with Gasteiger partial charge < -0.3 is 10.2 Å². The molecule has 1 fully saturated rings. The summed E-state index contributed by atoms with van der Waals surface area (Å²) < 4.78 is 0. The molecule has 1 saturated heterocycles. The Morgan fingerprint density at radius 2 is 2.00 bits per heavy atom. The number of hydrogen-bond donors (Lipinski definition) is 1. The van der Waals surface area contributed by atoms with Gasteiger partial charge in [0.05, 0.1) is 5.56 Å². The highest BCUT2D eigenvalue weighted by Gasteiger charge is 2.31. The van der Waals surface area contributed by atoms with Crippen LogP contribution in [0.15, 0.2) is 24.3 Å². The second kappa shape index (κ2) is 7.47. The number of nitrogens with one attached hydrogen (secondary N) is 1. The smallest absolute Gasteiger partial charge is 0.257 e. The molecule has 1 N–H and O–H groups in total. The van der Waals surface area contributed by atoms with Crippen molar-refractivity contribution in [3.63, 3.8) is 0 Å². The molecule has 0 saturated carbocycles. The van der Waals surface area contributed by atoms with Gasteiger partial charge in [-0.05, 0) is 62.6 Å². The number of aryl methyl sites for hydroxylation is 1. The number of carbonyl (C=O) groups is 2. The van der Waals surface area contributed by atoms with E-state index in [0.717, 1.165) is 61.3 Å². The van der Waals surface area contributed by atoms with E-state index in [2.05, 4.69) is 12.2 Å². The minimum atomic E-state index is -0.138. The highest BCUT2D eigenvalue weighted by Crippen LogP contribution is 2.40. The molecule has 0 radical (unpaired) electrons. The number of hydrogen-bond acceptors (Lipinski definition) is 3. The zero-order valence-corrected chi connectivity index (χ0v) is 16.8. The zero-order valence-electron chi connectivity index (χ0n) is 16.0. The summed E-state index contributed by atoms with van der Waals surface area (Å²) in [5.41, 5.74) is 3.61. The minimum Gasteiger partial charge on any atom is -0.339 e. The van der Waals surface area contributed by atoms with Crippen LogP contribution in [0.25, 0.3) is 0 Å². The van der Waals surface area contributed by atoms with Crippen molar-refractivity contribution in [1.82, 2.24) is 4.90 Å². The van der Waals surface area contributed by atoms with E-state index in [0.29, 0.717) is 11.5 Å². The third-order valence-corrected chi connectivity index (χ3v) is 6.80. The van der Waals surface area contributed by atoms with Gasteiger partial charge >= 0.3 is 0 Å². The van der Waals surface area contributed by atoms with Crippen LogP contribution in [-0.4, -0.2) is 29.8 Å². The van der Waals surface area contributed by atoms with Crippen LogP contribution in [0.4, 0.5) is 5.00 Å². The summed E-state index contributed by atoms with van der Waals surface area (Å²) in [7, 11) is 0. The molecule has 2 aliphatic rings. The Balaban J connectivity index is 1.68. The molecule has 1 aromatic heterocycles. The third kappa shape index (κ3) is 3.65. The molecule has 2 heterocycles. The normalized spacial score (nSPS) is 19.0. The number of benzene rings is 1. The summed E-state index contributed by atoms with van der Waals surface area (Å²) in [6.45, 7) is 5.89. The van der Waals surface area contributed by atoms with Crippen molar-refractivity contribution in [2.75, 3.05) is 18.4 Å². The van der Waals surface area contributed by atoms with Crippen LogP contribution in [-0.2, 0) is 12.8 Å². The molecule has 4 rings (SSSR count). The van der Waals surface area contributed by atoms with Crippen LogP contribution in [0.3, 0.4) is 0 Å². The van der Waals surface area contributed by atoms with E-state index in [-0.39, 0.29) is 11.8 Å². The maximum atomic E-state index is 13.2. The van der Waals surface area contributed by atoms with Crippen molar-refractivity contribution in [3.8, 4) is 0 Å². The van der Waals surface area contributed by atoms with Crippen LogP contribution in [0.1, 0.15) is 62.9 Å². The largest absolute Gasteiger partial charge is 0.339 e. The zero-order chi connectivity index (χ0) is 19.0. The van der Waals surface area contributed by atoms with Gasteiger partial charge in [-0.1, -0.05) is 24.6 Å². The maximum Gasteiger partial charge on any atom is 0.257 e. The average molecular weight is 383 g/mol. The SMILES string of the molecule is Cc1cccc(C(=O)Nc2sc3c(c2C(=O)N2CCCC2)CCC(C)C3)c1. The van der Waals surface area contributed by atoms with Gasteiger partial charge in [-0.3, -0.25) is 9.59 Å². The van der Waals surface area contributed by atoms with Crippen LogP contribution in [0, 0.1) is 12.8 Å². The van der Waals surface area contributed by atoms with Crippen LogP contribution in [0.2, 0.25) is 0 Å². The Bertz CT molecular complexity index is 880. The predicted octanol–water partition coefficient (Wildman–Crippen LogP) is 4.67. The standard InChI is InChI=1S/C22H26N2O2S/c1-14-6-5-7-16(12-14)20(25)23-21-19(22(26)24-10-3-4-11-24)17-9-8-15(2)13-18(17)27-21/h5-7,12,15H,3-4,8-11,13H2,1-2H3,(H,23,25). The van der Waals surface area contributed by atoms with Crippen molar-refractivity contribution in [2.24, 2.45) is 5.92 Å². The molecular formula is C22H26N2O2S. The average Bonchev–Trinajstić information content (AvgIpc) is 3.28. The second-order valence-corrected chi connectivity index (χ2v) is 8.98. The van der Waals surface area contributed by atoms with Crippen LogP contribution >= 0.6 is 11.3 Å². The summed E-state index contributed by atoms with van der Waals surface area (Å²) >= 11 is 1.60. The fourth-order valence-electron chi connectivity index (χ4n) is 4.11. The first-order valence-corrected chi connectivity index (χ1v) is 10.7. The monoisotopic (exact) mass is 382 g/mol. The van der Waals surface area contributed by atoms with Gasteiger partial charge in [0.15, 0.2) is 0 Å². The van der Waals surface area contributed by atoms with E-state index in [1.807, 2.05) is 36.1 Å². The lowest BCUT2D eigenvalue weighted by molar-refractivity contribution is 0.0793. The van der Waals surface area contributed by atoms with Gasteiger partial charge in [0.1, 0.15) is 5.00 Å². The number of fused-ring (bicyclic) bond motifs is 1. The Labute approximate surface area is 164 Å². The quantitative estimate of drug-likeness (QED) is 0.839. The topological polar surface area (TPSA) is 49.4 Å². The number of rotatable bonds is 3. The van der Waals surface area contributed by atoms with E-state index in [1.165, 1.54) is 10.4 Å². The maximum absolute atomic E-state index is 13.2. The molecular weight excluding hydrogens is 356 g/mol. The number of nitrogens with zero attached hydrogens (tertiary/aromatic N) is 1. The lowest BCUT2D eigenvalue weighted by atomic mass is 9.88. The van der Waals surface area contributed by atoms with Crippen molar-refractivity contribution >= 4 is 28.2 Å². The van der Waals surface area contributed by atoms with Gasteiger partial charge in [0, 0.05) is 23.5 Å². The highest BCUT2D eigenvalue weighted by atomic mass is 32.1. The van der Waals surface area contributed by atoms with E-state index in [1.54, 1.807) is 11.3 Å². The number of carbonyl (C=O) groups excluding carboxylic acids is 2. The first-order valence-electron chi connectivity index (χ1n) is 9.84. The van der Waals surface area contributed by atoms with Crippen molar-refractivity contribution in [1.29, 1.82) is 0 Å². The first-order chi connectivity index (χ1) is 13.0. The molecule has 0 bridgehead atoms. The molecule has 142 valence electrons. The minimum absolute atomic E-state index is 0.0964. The molecule has 1 unspecified atom stereocenters. The van der Waals surface area contributed by atoms with Crippen molar-refractivity contribution in [2.45, 2.75) is 46.0 Å². The van der Waals surface area contributed by atoms with Gasteiger partial charge in [0.2, 0.25) is 0 Å². The lowest BCUT2D eigenvalue weighted by Gasteiger charge is -2.21. The molecule has 1 aromatic carbocycles. The van der Waals surface area contributed by atoms with E-state index < -0.39 is 0 Å². The Hall–Kier alpha value is -2.14. The molecule has 0 spiro atoms. The molecule has 1 atom stereocenters. The van der Waals surface area contributed by atoms with E-state index in [9.17, 15) is 9.59 Å². The summed E-state index contributed by atoms with van der Waals surface area (Å²) in [6.07, 6.45) is 5.18. The predicted molar refractivity (Wildman–Crippen MR) is 110 cm³/mol. The number of anilines is 1. The second-order valence-electron chi connectivity index (χ2n) is 7.88. The van der Waals surface area contributed by atoms with Crippen LogP contribution in [0.5, 0.6) is 0 Å². The molecule has 2 aromatic rings. The number of thiophene rings is 1. The Morgan fingerprint density at radius 1 is 1.22 bits per heavy atom. The van der Waals surface area contributed by atoms with Crippen molar-refractivity contribution < 1.29 is 9.59 Å². The Morgan fingerprint density at radius 3 is 2.74 bits per heavy atom. The first kappa shape index (κ1) is 18.2. The van der Waals surface area contributed by atoms with Gasteiger partial charge in [0.25, 0.3) is 11.8 Å². The molecule has 5 heteroatoms. The fraction of sp³-hybridized carbons (Fsp3) is 0.455. The third-order valence-electron chi connectivity index (χ3n) is 5.63. The van der Waals surface area contributed by atoms with E-state index in [4.69, 9.17) is 0 Å². The van der Waals surface area contributed by atoms with Gasteiger partial charge in [-0.25, -0.2) is 0 Å². The van der Waals surface area contributed by atoms with E-state index >= 15 is 0 Å².